The predicted octanol–water partition coefficient (Wildman–Crippen LogP) is 7.34. The molecule has 8 heteroatoms. The van der Waals surface area contributed by atoms with E-state index in [1.165, 1.54) is 4.63 Å². The minimum absolute atomic E-state index is 0.207. The molecule has 202 valence electrons. The summed E-state index contributed by atoms with van der Waals surface area (Å²) in [6.45, 7) is 19.7. The Kier molecular flexibility index (Phi) is 8.94. The molecule has 1 aromatic carbocycles. The van der Waals surface area contributed by atoms with E-state index in [4.69, 9.17) is 9.72 Å². The molecule has 1 aliphatic rings. The van der Waals surface area contributed by atoms with Gasteiger partial charge in [-0.2, -0.15) is 0 Å². The number of carbonyl (C=O) groups is 1. The van der Waals surface area contributed by atoms with Crippen LogP contribution < -0.4 is 4.63 Å². The molecular weight excluding hydrogens is 491 g/mol. The molecule has 1 aromatic heterocycles. The number of fused-ring (bicyclic) bond motifs is 1. The Morgan fingerprint density at radius 2 is 1.81 bits per heavy atom. The number of aromatic nitrogens is 1. The van der Waals surface area contributed by atoms with E-state index in [0.29, 0.717) is 29.6 Å². The molecule has 1 amide bonds. The summed E-state index contributed by atoms with van der Waals surface area (Å²) in [4.78, 5) is 19.7. The number of ether oxygens (including phenoxy) is 1. The summed E-state index contributed by atoms with van der Waals surface area (Å²) in [5, 5.41) is 11.4. The number of likely N-dealkylation sites (tertiary alicyclic amines) is 1. The molecule has 3 atom stereocenters. The lowest BCUT2D eigenvalue weighted by atomic mass is 9.93. The van der Waals surface area contributed by atoms with E-state index >= 15 is 0 Å². The lowest BCUT2D eigenvalue weighted by Crippen LogP contribution is -2.55. The number of carbonyl (C=O) groups excluding carboxylic acids is 1. The van der Waals surface area contributed by atoms with Gasteiger partial charge in [0.1, 0.15) is 19.8 Å². The predicted molar refractivity (Wildman–Crippen MR) is 151 cm³/mol. The van der Waals surface area contributed by atoms with Crippen LogP contribution in [0.15, 0.2) is 18.2 Å². The van der Waals surface area contributed by atoms with Gasteiger partial charge in [-0.25, -0.2) is 14.2 Å². The van der Waals surface area contributed by atoms with Crippen molar-refractivity contribution in [2.75, 3.05) is 6.54 Å². The van der Waals surface area contributed by atoms with Crippen molar-refractivity contribution >= 4 is 40.4 Å². The molecular formula is C28H45FN2O3SSi. The number of alkyl halides is 1. The zero-order valence-electron chi connectivity index (χ0n) is 23.5. The van der Waals surface area contributed by atoms with Gasteiger partial charge >= 0.3 is 6.09 Å². The van der Waals surface area contributed by atoms with E-state index in [-0.39, 0.29) is 12.8 Å². The number of aliphatic hydroxyl groups excluding tert-OH is 1. The van der Waals surface area contributed by atoms with Crippen molar-refractivity contribution in [1.82, 2.24) is 9.88 Å². The fraction of sp³-hybridized carbons (Fsp3) is 0.714. The largest absolute Gasteiger partial charge is 0.444 e. The van der Waals surface area contributed by atoms with E-state index < -0.39 is 38.1 Å². The Morgan fingerprint density at radius 3 is 2.36 bits per heavy atom. The number of hydrogen-bond acceptors (Lipinski definition) is 5. The third-order valence-electron chi connectivity index (χ3n) is 7.82. The second-order valence-corrected chi connectivity index (χ2v) is 19.5. The van der Waals surface area contributed by atoms with E-state index in [9.17, 15) is 14.3 Å². The van der Waals surface area contributed by atoms with Crippen LogP contribution in [0.2, 0.25) is 16.6 Å². The highest BCUT2D eigenvalue weighted by Crippen LogP contribution is 2.43. The van der Waals surface area contributed by atoms with E-state index in [0.717, 1.165) is 15.8 Å². The van der Waals surface area contributed by atoms with Crippen LogP contribution >= 0.6 is 11.3 Å². The first-order valence-corrected chi connectivity index (χ1v) is 16.4. The number of rotatable bonds is 7. The highest BCUT2D eigenvalue weighted by molar-refractivity contribution is 7.31. The Balaban J connectivity index is 1.96. The Bertz CT molecular complexity index is 1030. The molecule has 0 radical (unpaired) electrons. The van der Waals surface area contributed by atoms with Gasteiger partial charge in [-0.05, 0) is 62.7 Å². The summed E-state index contributed by atoms with van der Waals surface area (Å²) < 4.78 is 22.3. The van der Waals surface area contributed by atoms with Crippen molar-refractivity contribution in [2.24, 2.45) is 0 Å². The van der Waals surface area contributed by atoms with Crippen LogP contribution in [0, 0.1) is 0 Å². The number of nitrogens with zero attached hydrogens (tertiary/aromatic N) is 2. The first-order valence-electron chi connectivity index (χ1n) is 13.4. The quantitative estimate of drug-likeness (QED) is 0.376. The molecule has 5 nitrogen and oxygen atoms in total. The van der Waals surface area contributed by atoms with Crippen LogP contribution in [0.25, 0.3) is 10.2 Å². The van der Waals surface area contributed by atoms with Gasteiger partial charge in [0, 0.05) is 18.2 Å². The monoisotopic (exact) mass is 536 g/mol. The SMILES string of the molecule is CC(C)[Si](c1nc2c([C@@H](O)C[C@H]3C[C@H](F)CCN3C(=O)OC(C)(C)C)cccc2s1)(C(C)C)C(C)C. The average molecular weight is 537 g/mol. The van der Waals surface area contributed by atoms with Crippen LogP contribution in [0.4, 0.5) is 9.18 Å². The number of thiazole rings is 1. The van der Waals surface area contributed by atoms with Gasteiger partial charge in [0.15, 0.2) is 0 Å². The molecule has 0 saturated carbocycles. The van der Waals surface area contributed by atoms with Crippen LogP contribution in [-0.4, -0.2) is 53.5 Å². The summed E-state index contributed by atoms with van der Waals surface area (Å²) in [6, 6.07) is 5.55. The Morgan fingerprint density at radius 1 is 1.19 bits per heavy atom. The highest BCUT2D eigenvalue weighted by Gasteiger charge is 2.47. The van der Waals surface area contributed by atoms with Crippen LogP contribution in [0.5, 0.6) is 0 Å². The molecule has 1 fully saturated rings. The molecule has 0 bridgehead atoms. The van der Waals surface area contributed by atoms with Gasteiger partial charge < -0.3 is 14.7 Å². The molecule has 0 spiro atoms. The van der Waals surface area contributed by atoms with Crippen LogP contribution in [0.3, 0.4) is 0 Å². The van der Waals surface area contributed by atoms with Crippen LogP contribution in [0.1, 0.15) is 93.2 Å². The van der Waals surface area contributed by atoms with Crippen molar-refractivity contribution in [2.45, 2.75) is 122 Å². The first-order chi connectivity index (χ1) is 16.7. The number of para-hydroxylation sites is 1. The molecule has 0 aliphatic carbocycles. The van der Waals surface area contributed by atoms with Gasteiger partial charge in [0.2, 0.25) is 0 Å². The lowest BCUT2D eigenvalue weighted by Gasteiger charge is -2.41. The van der Waals surface area contributed by atoms with Gasteiger partial charge in [0.05, 0.1) is 21.0 Å². The number of benzene rings is 1. The molecule has 1 aliphatic heterocycles. The van der Waals surface area contributed by atoms with Crippen molar-refractivity contribution in [1.29, 1.82) is 0 Å². The summed E-state index contributed by atoms with van der Waals surface area (Å²) in [5.41, 5.74) is 2.60. The second-order valence-electron chi connectivity index (χ2n) is 12.3. The normalized spacial score (nSPS) is 20.6. The fourth-order valence-electron chi connectivity index (χ4n) is 6.34. The number of piperidine rings is 1. The molecule has 2 heterocycles. The van der Waals surface area contributed by atoms with Gasteiger partial charge in [-0.1, -0.05) is 53.7 Å². The maximum absolute atomic E-state index is 14.4. The molecule has 2 aromatic rings. The summed E-state index contributed by atoms with van der Waals surface area (Å²) in [7, 11) is -1.94. The summed E-state index contributed by atoms with van der Waals surface area (Å²) in [6.07, 6.45) is -1.52. The topological polar surface area (TPSA) is 62.7 Å². The standard InChI is InChI=1S/C28H45FN2O3SSi/c1-17(2)36(18(3)4,19(5)6)26-30-25-22(11-10-12-24(25)35-26)23(32)16-21-15-20(29)13-14-31(21)27(33)34-28(7,8)9/h10-12,17-21,23,32H,13-16H2,1-9H3/t20-,21-,23+/m1/s1. The van der Waals surface area contributed by atoms with Crippen molar-refractivity contribution < 1.29 is 19.0 Å². The van der Waals surface area contributed by atoms with E-state index in [1.54, 1.807) is 16.2 Å². The van der Waals surface area contributed by atoms with Crippen molar-refractivity contribution in [3.05, 3.63) is 23.8 Å². The van der Waals surface area contributed by atoms with E-state index in [1.807, 2.05) is 32.9 Å². The van der Waals surface area contributed by atoms with Crippen molar-refractivity contribution in [3.63, 3.8) is 0 Å². The Labute approximate surface area is 221 Å². The average Bonchev–Trinajstić information content (AvgIpc) is 3.16. The number of hydrogen-bond donors (Lipinski definition) is 1. The lowest BCUT2D eigenvalue weighted by molar-refractivity contribution is -0.00657. The molecule has 3 rings (SSSR count). The van der Waals surface area contributed by atoms with Crippen molar-refractivity contribution in [3.8, 4) is 0 Å². The minimum Gasteiger partial charge on any atom is -0.444 e. The van der Waals surface area contributed by atoms with Gasteiger partial charge in [-0.15, -0.1) is 11.3 Å². The minimum atomic E-state index is -1.94. The zero-order valence-corrected chi connectivity index (χ0v) is 25.3. The Hall–Kier alpha value is -1.51. The maximum atomic E-state index is 14.4. The molecule has 36 heavy (non-hydrogen) atoms. The fourth-order valence-corrected chi connectivity index (χ4v) is 16.0. The van der Waals surface area contributed by atoms with Crippen LogP contribution in [-0.2, 0) is 4.74 Å². The first kappa shape index (κ1) is 29.0. The third kappa shape index (κ3) is 5.81. The number of amides is 1. The number of aliphatic hydroxyl groups is 1. The van der Waals surface area contributed by atoms with Gasteiger partial charge in [-0.3, -0.25) is 0 Å². The molecule has 0 unspecified atom stereocenters. The number of halogens is 1. The molecule has 1 N–H and O–H groups in total. The zero-order chi connectivity index (χ0) is 27.0. The smallest absolute Gasteiger partial charge is 0.410 e. The second kappa shape index (κ2) is 11.1. The molecule has 1 saturated heterocycles. The highest BCUT2D eigenvalue weighted by atomic mass is 32.1. The van der Waals surface area contributed by atoms with E-state index in [2.05, 4.69) is 47.6 Å². The summed E-state index contributed by atoms with van der Waals surface area (Å²) in [5.74, 6) is 0. The summed E-state index contributed by atoms with van der Waals surface area (Å²) >= 11 is 1.77. The maximum Gasteiger partial charge on any atom is 0.410 e. The third-order valence-corrected chi connectivity index (χ3v) is 16.6. The van der Waals surface area contributed by atoms with Gasteiger partial charge in [0.25, 0.3) is 0 Å².